The van der Waals surface area contributed by atoms with E-state index in [-0.39, 0.29) is 5.91 Å². The second kappa shape index (κ2) is 8.15. The fourth-order valence-electron chi connectivity index (χ4n) is 2.68. The van der Waals surface area contributed by atoms with Crippen LogP contribution in [0, 0.1) is 0 Å². The first-order valence-corrected chi connectivity index (χ1v) is 7.92. The number of rotatable bonds is 7. The van der Waals surface area contributed by atoms with Crippen molar-refractivity contribution in [1.29, 1.82) is 0 Å². The molecule has 1 unspecified atom stereocenters. The van der Waals surface area contributed by atoms with E-state index >= 15 is 0 Å². The van der Waals surface area contributed by atoms with Crippen molar-refractivity contribution in [1.82, 2.24) is 15.1 Å². The van der Waals surface area contributed by atoms with Gasteiger partial charge in [-0.2, -0.15) is 0 Å². The average molecular weight is 289 g/mol. The molecule has 1 aromatic carbocycles. The van der Waals surface area contributed by atoms with Crippen LogP contribution in [0.4, 0.5) is 0 Å². The molecule has 4 nitrogen and oxygen atoms in total. The number of nitrogens with one attached hydrogen (secondary N) is 1. The highest BCUT2D eigenvalue weighted by Crippen LogP contribution is 2.10. The van der Waals surface area contributed by atoms with Gasteiger partial charge in [-0.25, -0.2) is 0 Å². The monoisotopic (exact) mass is 289 g/mol. The van der Waals surface area contributed by atoms with Crippen molar-refractivity contribution in [2.24, 2.45) is 0 Å². The number of hydrogen-bond donors (Lipinski definition) is 1. The fraction of sp³-hybridized carbons (Fsp3) is 0.588. The fourth-order valence-corrected chi connectivity index (χ4v) is 2.68. The molecule has 1 saturated heterocycles. The number of carbonyl (C=O) groups is 1. The van der Waals surface area contributed by atoms with Gasteiger partial charge in [0.15, 0.2) is 0 Å². The lowest BCUT2D eigenvalue weighted by atomic mass is 10.1. The van der Waals surface area contributed by atoms with Crippen molar-refractivity contribution < 1.29 is 4.79 Å². The molecule has 1 atom stereocenters. The number of nitrogens with zero attached hydrogens (tertiary/aromatic N) is 2. The Morgan fingerprint density at radius 1 is 1.38 bits per heavy atom. The zero-order valence-electron chi connectivity index (χ0n) is 13.2. The standard InChI is InChI=1S/C17H27N3O/c1-3-19(2)17(21)13-18-16-10-12-20(14-16)11-9-15-7-5-4-6-8-15/h4-8,16,18H,3,9-14H2,1-2H3. The SMILES string of the molecule is CCN(C)C(=O)CNC1CCN(CCc2ccccc2)C1. The minimum Gasteiger partial charge on any atom is -0.345 e. The molecule has 4 heteroatoms. The first kappa shape index (κ1) is 16.0. The minimum atomic E-state index is 0.181. The Morgan fingerprint density at radius 3 is 2.86 bits per heavy atom. The summed E-state index contributed by atoms with van der Waals surface area (Å²) in [7, 11) is 1.85. The summed E-state index contributed by atoms with van der Waals surface area (Å²) >= 11 is 0. The predicted octanol–water partition coefficient (Wildman–Crippen LogP) is 1.37. The number of benzene rings is 1. The molecule has 1 amide bonds. The maximum Gasteiger partial charge on any atom is 0.236 e. The number of carbonyl (C=O) groups excluding carboxylic acids is 1. The Bertz CT molecular complexity index is 435. The van der Waals surface area contributed by atoms with Crippen LogP contribution in [0.3, 0.4) is 0 Å². The van der Waals surface area contributed by atoms with Crippen LogP contribution >= 0.6 is 0 Å². The molecule has 1 aliphatic heterocycles. The molecule has 0 radical (unpaired) electrons. The van der Waals surface area contributed by atoms with Crippen LogP contribution in [0.2, 0.25) is 0 Å². The predicted molar refractivity (Wildman–Crippen MR) is 86.3 cm³/mol. The summed E-state index contributed by atoms with van der Waals surface area (Å²) in [6.45, 7) is 6.51. The summed E-state index contributed by atoms with van der Waals surface area (Å²) in [5.74, 6) is 0.181. The smallest absolute Gasteiger partial charge is 0.236 e. The third kappa shape index (κ3) is 5.14. The Balaban J connectivity index is 1.65. The molecule has 1 fully saturated rings. The largest absolute Gasteiger partial charge is 0.345 e. The normalized spacial score (nSPS) is 18.9. The molecule has 1 N–H and O–H groups in total. The average Bonchev–Trinajstić information content (AvgIpc) is 2.98. The van der Waals surface area contributed by atoms with E-state index < -0.39 is 0 Å². The molecule has 0 aliphatic carbocycles. The van der Waals surface area contributed by atoms with Crippen molar-refractivity contribution in [2.45, 2.75) is 25.8 Å². The van der Waals surface area contributed by atoms with Crippen LogP contribution in [-0.4, -0.2) is 61.5 Å². The van der Waals surface area contributed by atoms with E-state index in [1.807, 2.05) is 14.0 Å². The van der Waals surface area contributed by atoms with Gasteiger partial charge in [-0.15, -0.1) is 0 Å². The van der Waals surface area contributed by atoms with Gasteiger partial charge >= 0.3 is 0 Å². The quantitative estimate of drug-likeness (QED) is 0.823. The summed E-state index contributed by atoms with van der Waals surface area (Å²) in [6.07, 6.45) is 2.24. The Labute approximate surface area is 128 Å². The van der Waals surface area contributed by atoms with Crippen LogP contribution in [0.5, 0.6) is 0 Å². The topological polar surface area (TPSA) is 35.6 Å². The zero-order valence-corrected chi connectivity index (χ0v) is 13.2. The van der Waals surface area contributed by atoms with Crippen molar-refractivity contribution in [2.75, 3.05) is 39.8 Å². The third-order valence-corrected chi connectivity index (χ3v) is 4.27. The summed E-state index contributed by atoms with van der Waals surface area (Å²) in [4.78, 5) is 16.0. The van der Waals surface area contributed by atoms with Gasteiger partial charge in [-0.05, 0) is 31.9 Å². The Morgan fingerprint density at radius 2 is 2.14 bits per heavy atom. The first-order chi connectivity index (χ1) is 10.2. The summed E-state index contributed by atoms with van der Waals surface area (Å²) in [6, 6.07) is 11.1. The lowest BCUT2D eigenvalue weighted by Gasteiger charge is -2.18. The molecular weight excluding hydrogens is 262 g/mol. The maximum absolute atomic E-state index is 11.8. The molecular formula is C17H27N3O. The molecule has 0 bridgehead atoms. The summed E-state index contributed by atoms with van der Waals surface area (Å²) in [5, 5.41) is 3.39. The van der Waals surface area contributed by atoms with Gasteiger partial charge in [0.25, 0.3) is 0 Å². The van der Waals surface area contributed by atoms with Gasteiger partial charge in [-0.1, -0.05) is 30.3 Å². The van der Waals surface area contributed by atoms with E-state index in [4.69, 9.17) is 0 Å². The number of likely N-dealkylation sites (tertiary alicyclic amines) is 1. The first-order valence-electron chi connectivity index (χ1n) is 7.92. The minimum absolute atomic E-state index is 0.181. The van der Waals surface area contributed by atoms with Gasteiger partial charge in [0.05, 0.1) is 6.54 Å². The van der Waals surface area contributed by atoms with Crippen molar-refractivity contribution >= 4 is 5.91 Å². The Kier molecular flexibility index (Phi) is 6.21. The van der Waals surface area contributed by atoms with Gasteiger partial charge in [0.1, 0.15) is 0 Å². The van der Waals surface area contributed by atoms with E-state index in [2.05, 4.69) is 40.5 Å². The molecule has 1 heterocycles. The molecule has 1 aliphatic rings. The third-order valence-electron chi connectivity index (χ3n) is 4.27. The lowest BCUT2D eigenvalue weighted by molar-refractivity contribution is -0.128. The molecule has 0 saturated carbocycles. The van der Waals surface area contributed by atoms with E-state index in [1.165, 1.54) is 5.56 Å². The molecule has 0 spiro atoms. The van der Waals surface area contributed by atoms with Crippen LogP contribution in [0.25, 0.3) is 0 Å². The van der Waals surface area contributed by atoms with E-state index in [9.17, 15) is 4.79 Å². The van der Waals surface area contributed by atoms with Gasteiger partial charge in [0.2, 0.25) is 5.91 Å². The second-order valence-electron chi connectivity index (χ2n) is 5.81. The van der Waals surface area contributed by atoms with Gasteiger partial charge in [0, 0.05) is 32.7 Å². The Hall–Kier alpha value is -1.39. The number of amides is 1. The highest BCUT2D eigenvalue weighted by atomic mass is 16.2. The number of hydrogen-bond acceptors (Lipinski definition) is 3. The van der Waals surface area contributed by atoms with Gasteiger partial charge < -0.3 is 15.1 Å². The maximum atomic E-state index is 11.8. The van der Waals surface area contributed by atoms with E-state index in [1.54, 1.807) is 4.90 Å². The molecule has 0 aromatic heterocycles. The zero-order chi connectivity index (χ0) is 15.1. The van der Waals surface area contributed by atoms with Gasteiger partial charge in [-0.3, -0.25) is 4.79 Å². The van der Waals surface area contributed by atoms with Crippen LogP contribution in [0.15, 0.2) is 30.3 Å². The van der Waals surface area contributed by atoms with Crippen LogP contribution in [0.1, 0.15) is 18.9 Å². The van der Waals surface area contributed by atoms with Crippen LogP contribution in [-0.2, 0) is 11.2 Å². The molecule has 2 rings (SSSR count). The highest BCUT2D eigenvalue weighted by Gasteiger charge is 2.22. The summed E-state index contributed by atoms with van der Waals surface area (Å²) in [5.41, 5.74) is 1.40. The lowest BCUT2D eigenvalue weighted by Crippen LogP contribution is -2.41. The van der Waals surface area contributed by atoms with Crippen LogP contribution < -0.4 is 5.32 Å². The molecule has 1 aromatic rings. The van der Waals surface area contributed by atoms with Crippen molar-refractivity contribution in [3.63, 3.8) is 0 Å². The van der Waals surface area contributed by atoms with E-state index in [0.717, 1.165) is 39.0 Å². The van der Waals surface area contributed by atoms with E-state index in [0.29, 0.717) is 12.6 Å². The molecule has 116 valence electrons. The van der Waals surface area contributed by atoms with Crippen molar-refractivity contribution in [3.8, 4) is 0 Å². The number of likely N-dealkylation sites (N-methyl/N-ethyl adjacent to an activating group) is 1. The second-order valence-corrected chi connectivity index (χ2v) is 5.81. The molecule has 21 heavy (non-hydrogen) atoms. The highest BCUT2D eigenvalue weighted by molar-refractivity contribution is 5.77. The summed E-state index contributed by atoms with van der Waals surface area (Å²) < 4.78 is 0. The van der Waals surface area contributed by atoms with Crippen molar-refractivity contribution in [3.05, 3.63) is 35.9 Å².